The van der Waals surface area contributed by atoms with E-state index in [1.807, 2.05) is 19.1 Å². The highest BCUT2D eigenvalue weighted by atomic mass is 16.5. The molecule has 1 aromatic carbocycles. The summed E-state index contributed by atoms with van der Waals surface area (Å²) in [5.74, 6) is 1.90. The Balaban J connectivity index is 2.57. The first-order valence-corrected chi connectivity index (χ1v) is 5.48. The summed E-state index contributed by atoms with van der Waals surface area (Å²) in [6.45, 7) is 1.96. The summed E-state index contributed by atoms with van der Waals surface area (Å²) < 4.78 is 10.7. The number of hydrogen-bond donors (Lipinski definition) is 1. The van der Waals surface area contributed by atoms with E-state index in [-0.39, 0.29) is 0 Å². The van der Waals surface area contributed by atoms with Crippen LogP contribution in [0.2, 0.25) is 0 Å². The van der Waals surface area contributed by atoms with Crippen molar-refractivity contribution in [3.8, 4) is 22.8 Å². The molecule has 0 saturated heterocycles. The van der Waals surface area contributed by atoms with Gasteiger partial charge in [-0.15, -0.1) is 10.2 Å². The van der Waals surface area contributed by atoms with Crippen molar-refractivity contribution < 1.29 is 9.47 Å². The molecule has 0 fully saturated rings. The van der Waals surface area contributed by atoms with E-state index >= 15 is 0 Å². The van der Waals surface area contributed by atoms with Crippen LogP contribution in [0, 0.1) is 6.92 Å². The van der Waals surface area contributed by atoms with Crippen LogP contribution in [-0.4, -0.2) is 24.4 Å². The van der Waals surface area contributed by atoms with Gasteiger partial charge in [0, 0.05) is 5.56 Å². The smallest absolute Gasteiger partial charge is 0.146 e. The van der Waals surface area contributed by atoms with Gasteiger partial charge in [0.15, 0.2) is 0 Å². The lowest BCUT2D eigenvalue weighted by molar-refractivity contribution is 0.401. The van der Waals surface area contributed by atoms with Crippen LogP contribution < -0.4 is 15.2 Å². The highest BCUT2D eigenvalue weighted by Crippen LogP contribution is 2.34. The van der Waals surface area contributed by atoms with Crippen LogP contribution in [0.15, 0.2) is 24.3 Å². The number of anilines is 1. The van der Waals surface area contributed by atoms with Crippen molar-refractivity contribution in [3.63, 3.8) is 0 Å². The van der Waals surface area contributed by atoms with Crippen molar-refractivity contribution in [1.82, 2.24) is 10.2 Å². The fourth-order valence-electron chi connectivity index (χ4n) is 1.74. The number of rotatable bonds is 3. The van der Waals surface area contributed by atoms with Crippen LogP contribution in [-0.2, 0) is 0 Å². The molecule has 0 spiro atoms. The molecular weight excluding hydrogens is 230 g/mol. The molecule has 0 aliphatic carbocycles. The maximum Gasteiger partial charge on any atom is 0.146 e. The quantitative estimate of drug-likeness (QED) is 0.896. The maximum absolute atomic E-state index is 5.53. The van der Waals surface area contributed by atoms with Gasteiger partial charge in [0.25, 0.3) is 0 Å². The Morgan fingerprint density at radius 1 is 1.00 bits per heavy atom. The lowest BCUT2D eigenvalue weighted by Crippen LogP contribution is -1.97. The van der Waals surface area contributed by atoms with Crippen LogP contribution in [0.4, 0.5) is 5.82 Å². The zero-order chi connectivity index (χ0) is 13.1. The minimum atomic E-state index is 0.386. The summed E-state index contributed by atoms with van der Waals surface area (Å²) in [4.78, 5) is 0. The third-order valence-electron chi connectivity index (χ3n) is 2.68. The van der Waals surface area contributed by atoms with Crippen LogP contribution in [0.25, 0.3) is 11.3 Å². The number of hydrogen-bond acceptors (Lipinski definition) is 5. The van der Waals surface area contributed by atoms with E-state index in [1.165, 1.54) is 0 Å². The van der Waals surface area contributed by atoms with Crippen LogP contribution >= 0.6 is 0 Å². The average Bonchev–Trinajstić information content (AvgIpc) is 2.39. The van der Waals surface area contributed by atoms with Crippen molar-refractivity contribution in [2.24, 2.45) is 0 Å². The Morgan fingerprint density at radius 2 is 1.72 bits per heavy atom. The Hall–Kier alpha value is -2.30. The van der Waals surface area contributed by atoms with E-state index in [0.29, 0.717) is 11.5 Å². The van der Waals surface area contributed by atoms with Gasteiger partial charge in [0.05, 0.1) is 19.9 Å². The van der Waals surface area contributed by atoms with Gasteiger partial charge in [-0.05, 0) is 36.8 Å². The SMILES string of the molecule is COc1cc(-c2ccc(N)nn2)c(OC)cc1C. The molecule has 94 valence electrons. The van der Waals surface area contributed by atoms with Crippen molar-refractivity contribution in [3.05, 3.63) is 29.8 Å². The second-order valence-electron chi connectivity index (χ2n) is 3.87. The standard InChI is InChI=1S/C13H15N3O2/c1-8-6-12(18-3)9(7-11(8)17-2)10-4-5-13(14)16-15-10/h4-7H,1-3H3,(H2,14,16). The van der Waals surface area contributed by atoms with Crippen molar-refractivity contribution in [2.75, 3.05) is 20.0 Å². The molecule has 1 aromatic heterocycles. The number of nitrogens with zero attached hydrogens (tertiary/aromatic N) is 2. The number of ether oxygens (including phenoxy) is 2. The lowest BCUT2D eigenvalue weighted by atomic mass is 10.1. The maximum atomic E-state index is 5.53. The average molecular weight is 245 g/mol. The monoisotopic (exact) mass is 245 g/mol. The summed E-state index contributed by atoms with van der Waals surface area (Å²) >= 11 is 0. The molecule has 2 N–H and O–H groups in total. The predicted octanol–water partition coefficient (Wildman–Crippen LogP) is 2.05. The first kappa shape index (κ1) is 12.2. The molecule has 0 aliphatic heterocycles. The third-order valence-corrected chi connectivity index (χ3v) is 2.68. The summed E-state index contributed by atoms with van der Waals surface area (Å²) in [5.41, 5.74) is 8.05. The van der Waals surface area contributed by atoms with Gasteiger partial charge in [0.2, 0.25) is 0 Å². The van der Waals surface area contributed by atoms with Crippen molar-refractivity contribution in [2.45, 2.75) is 6.92 Å². The molecule has 0 unspecified atom stereocenters. The van der Waals surface area contributed by atoms with Crippen LogP contribution in [0.3, 0.4) is 0 Å². The minimum absolute atomic E-state index is 0.386. The molecule has 0 amide bonds. The highest BCUT2D eigenvalue weighted by Gasteiger charge is 2.11. The predicted molar refractivity (Wildman–Crippen MR) is 69.7 cm³/mol. The zero-order valence-electron chi connectivity index (χ0n) is 10.6. The van der Waals surface area contributed by atoms with Crippen molar-refractivity contribution in [1.29, 1.82) is 0 Å². The largest absolute Gasteiger partial charge is 0.496 e. The topological polar surface area (TPSA) is 70.3 Å². The molecule has 2 rings (SSSR count). The van der Waals surface area contributed by atoms with E-state index in [0.717, 1.165) is 22.6 Å². The molecule has 1 heterocycles. The van der Waals surface area contributed by atoms with Crippen LogP contribution in [0.5, 0.6) is 11.5 Å². The summed E-state index contributed by atoms with van der Waals surface area (Å²) in [6.07, 6.45) is 0. The number of benzene rings is 1. The van der Waals surface area contributed by atoms with E-state index in [1.54, 1.807) is 26.4 Å². The lowest BCUT2D eigenvalue weighted by Gasteiger charge is -2.12. The van der Waals surface area contributed by atoms with Gasteiger partial charge in [-0.1, -0.05) is 0 Å². The number of aryl methyl sites for hydroxylation is 1. The van der Waals surface area contributed by atoms with Gasteiger partial charge in [0.1, 0.15) is 17.3 Å². The van der Waals surface area contributed by atoms with Crippen LogP contribution in [0.1, 0.15) is 5.56 Å². The summed E-state index contributed by atoms with van der Waals surface area (Å²) in [7, 11) is 3.25. The van der Waals surface area contributed by atoms with Gasteiger partial charge >= 0.3 is 0 Å². The molecule has 18 heavy (non-hydrogen) atoms. The molecule has 0 aliphatic rings. The number of nitrogens with two attached hydrogens (primary N) is 1. The molecule has 5 nitrogen and oxygen atoms in total. The Labute approximate surface area is 106 Å². The van der Waals surface area contributed by atoms with Gasteiger partial charge < -0.3 is 15.2 Å². The highest BCUT2D eigenvalue weighted by molar-refractivity contribution is 5.70. The fourth-order valence-corrected chi connectivity index (χ4v) is 1.74. The van der Waals surface area contributed by atoms with E-state index in [9.17, 15) is 0 Å². The third kappa shape index (κ3) is 2.20. The second kappa shape index (κ2) is 4.91. The Bertz CT molecular complexity index is 553. The normalized spacial score (nSPS) is 10.2. The first-order valence-electron chi connectivity index (χ1n) is 5.48. The van der Waals surface area contributed by atoms with E-state index in [2.05, 4.69) is 10.2 Å². The van der Waals surface area contributed by atoms with Gasteiger partial charge in [-0.3, -0.25) is 0 Å². The fraction of sp³-hybridized carbons (Fsp3) is 0.231. The number of aromatic nitrogens is 2. The molecular formula is C13H15N3O2. The zero-order valence-corrected chi connectivity index (χ0v) is 10.6. The molecule has 0 atom stereocenters. The Morgan fingerprint density at radius 3 is 2.28 bits per heavy atom. The van der Waals surface area contributed by atoms with Crippen molar-refractivity contribution >= 4 is 5.82 Å². The second-order valence-corrected chi connectivity index (χ2v) is 3.87. The molecule has 0 bridgehead atoms. The molecule has 0 saturated carbocycles. The molecule has 2 aromatic rings. The van der Waals surface area contributed by atoms with Gasteiger partial charge in [-0.25, -0.2) is 0 Å². The van der Waals surface area contributed by atoms with Gasteiger partial charge in [-0.2, -0.15) is 0 Å². The first-order chi connectivity index (χ1) is 8.65. The summed E-state index contributed by atoms with van der Waals surface area (Å²) in [5, 5.41) is 7.89. The van der Waals surface area contributed by atoms with E-state index < -0.39 is 0 Å². The number of nitrogen functional groups attached to an aromatic ring is 1. The minimum Gasteiger partial charge on any atom is -0.496 e. The molecule has 5 heteroatoms. The number of methoxy groups -OCH3 is 2. The Kier molecular flexibility index (Phi) is 3.32. The van der Waals surface area contributed by atoms with E-state index in [4.69, 9.17) is 15.2 Å². The summed E-state index contributed by atoms with van der Waals surface area (Å²) in [6, 6.07) is 7.30. The molecule has 0 radical (unpaired) electrons.